The molecule has 1 aromatic heterocycles. The van der Waals surface area contributed by atoms with Crippen LogP contribution < -0.4 is 15.4 Å². The van der Waals surface area contributed by atoms with Gasteiger partial charge < -0.3 is 14.8 Å². The number of hydrogen-bond acceptors (Lipinski definition) is 7. The fraction of sp³-hybridized carbons (Fsp3) is 0.421. The Balaban J connectivity index is 1.63. The number of benzene rings is 1. The van der Waals surface area contributed by atoms with Gasteiger partial charge in [-0.2, -0.15) is 0 Å². The van der Waals surface area contributed by atoms with Gasteiger partial charge in [-0.05, 0) is 36.6 Å². The van der Waals surface area contributed by atoms with Crippen LogP contribution in [-0.2, 0) is 32.5 Å². The van der Waals surface area contributed by atoms with Gasteiger partial charge in [0.1, 0.15) is 17.4 Å². The molecule has 1 aliphatic rings. The Morgan fingerprint density at radius 3 is 2.80 bits per heavy atom. The molecule has 1 aliphatic heterocycles. The second kappa shape index (κ2) is 9.26. The number of furan rings is 1. The van der Waals surface area contributed by atoms with E-state index in [9.17, 15) is 23.1 Å². The number of amides is 1. The van der Waals surface area contributed by atoms with Crippen molar-refractivity contribution in [1.29, 1.82) is 0 Å². The van der Waals surface area contributed by atoms with Gasteiger partial charge in [0.2, 0.25) is 15.9 Å². The summed E-state index contributed by atoms with van der Waals surface area (Å²) >= 11 is 0. The largest absolute Gasteiger partial charge is 0.480 e. The zero-order valence-electron chi connectivity index (χ0n) is 16.5. The van der Waals surface area contributed by atoms with E-state index in [0.717, 1.165) is 30.2 Å². The van der Waals surface area contributed by atoms with Crippen LogP contribution in [0.3, 0.4) is 0 Å². The lowest BCUT2D eigenvalue weighted by Gasteiger charge is -2.14. The van der Waals surface area contributed by atoms with Gasteiger partial charge in [0, 0.05) is 31.3 Å². The predicted molar refractivity (Wildman–Crippen MR) is 111 cm³/mol. The van der Waals surface area contributed by atoms with E-state index in [0.29, 0.717) is 30.3 Å². The summed E-state index contributed by atoms with van der Waals surface area (Å²) in [7, 11) is -3.67. The number of fused-ring (bicyclic) bond motifs is 1. The fourth-order valence-corrected chi connectivity index (χ4v) is 3.81. The SMILES string of the molecule is CS(=O)(=O)NC(Cc1cc2cc(CCC(=O)NC3=NCCCN3)ccc2o1)C(=O)O. The van der Waals surface area contributed by atoms with E-state index in [1.807, 2.05) is 12.1 Å². The summed E-state index contributed by atoms with van der Waals surface area (Å²) in [5.74, 6) is -0.557. The van der Waals surface area contributed by atoms with Crippen LogP contribution in [0.5, 0.6) is 0 Å². The zero-order chi connectivity index (χ0) is 21.7. The topological polar surface area (TPSA) is 150 Å². The van der Waals surface area contributed by atoms with Crippen molar-refractivity contribution in [3.05, 3.63) is 35.6 Å². The van der Waals surface area contributed by atoms with Gasteiger partial charge in [-0.25, -0.2) is 13.1 Å². The van der Waals surface area contributed by atoms with E-state index in [2.05, 4.69) is 20.3 Å². The Morgan fingerprint density at radius 1 is 1.33 bits per heavy atom. The van der Waals surface area contributed by atoms with Crippen molar-refractivity contribution >= 4 is 38.8 Å². The van der Waals surface area contributed by atoms with Crippen molar-refractivity contribution in [3.63, 3.8) is 0 Å². The van der Waals surface area contributed by atoms with Gasteiger partial charge in [-0.3, -0.25) is 19.9 Å². The highest BCUT2D eigenvalue weighted by molar-refractivity contribution is 7.88. The molecular weight excluding hydrogens is 412 g/mol. The number of sulfonamides is 1. The third-order valence-electron chi connectivity index (χ3n) is 4.49. The molecule has 2 heterocycles. The number of aliphatic imine (C=N–C) groups is 1. The first-order valence-electron chi connectivity index (χ1n) is 9.49. The first-order valence-corrected chi connectivity index (χ1v) is 11.4. The lowest BCUT2D eigenvalue weighted by Crippen LogP contribution is -2.43. The molecule has 1 atom stereocenters. The van der Waals surface area contributed by atoms with Gasteiger partial charge in [0.05, 0.1) is 6.26 Å². The van der Waals surface area contributed by atoms with E-state index in [-0.39, 0.29) is 18.7 Å². The minimum absolute atomic E-state index is 0.121. The Labute approximate surface area is 173 Å². The quantitative estimate of drug-likeness (QED) is 0.467. The first kappa shape index (κ1) is 21.8. The molecule has 10 nitrogen and oxygen atoms in total. The molecule has 1 amide bonds. The standard InChI is InChI=1S/C19H24N4O6S/c1-30(27,28)23-15(18(25)26)11-14-10-13-9-12(3-5-16(13)29-14)4-6-17(24)22-19-20-7-2-8-21-19/h3,5,9-10,15,23H,2,4,6-8,11H2,1H3,(H,25,26)(H2,20,21,22,24). The third kappa shape index (κ3) is 6.29. The molecule has 3 rings (SSSR count). The number of nitrogens with one attached hydrogen (secondary N) is 3. The van der Waals surface area contributed by atoms with Crippen LogP contribution >= 0.6 is 0 Å². The minimum atomic E-state index is -3.67. The number of carbonyl (C=O) groups is 2. The van der Waals surface area contributed by atoms with Crippen LogP contribution in [0.4, 0.5) is 0 Å². The Kier molecular flexibility index (Phi) is 6.73. The van der Waals surface area contributed by atoms with Crippen LogP contribution in [0.15, 0.2) is 33.7 Å². The zero-order valence-corrected chi connectivity index (χ0v) is 17.3. The van der Waals surface area contributed by atoms with Crippen LogP contribution in [0.2, 0.25) is 0 Å². The maximum Gasteiger partial charge on any atom is 0.322 e. The van der Waals surface area contributed by atoms with Crippen LogP contribution in [0, 0.1) is 0 Å². The molecule has 0 fully saturated rings. The van der Waals surface area contributed by atoms with Crippen LogP contribution in [0.1, 0.15) is 24.2 Å². The highest BCUT2D eigenvalue weighted by Crippen LogP contribution is 2.22. The number of rotatable bonds is 8. The molecule has 1 unspecified atom stereocenters. The van der Waals surface area contributed by atoms with E-state index in [4.69, 9.17) is 4.42 Å². The molecule has 0 saturated heterocycles. The Morgan fingerprint density at radius 2 is 2.13 bits per heavy atom. The lowest BCUT2D eigenvalue weighted by molar-refractivity contribution is -0.139. The van der Waals surface area contributed by atoms with Gasteiger partial charge in [-0.1, -0.05) is 6.07 Å². The second-order valence-corrected chi connectivity index (χ2v) is 8.91. The summed E-state index contributed by atoms with van der Waals surface area (Å²) in [6.45, 7) is 1.49. The van der Waals surface area contributed by atoms with E-state index >= 15 is 0 Å². The van der Waals surface area contributed by atoms with Crippen LogP contribution in [0.25, 0.3) is 11.0 Å². The minimum Gasteiger partial charge on any atom is -0.480 e. The fourth-order valence-electron chi connectivity index (χ4n) is 3.11. The molecule has 2 aromatic rings. The number of aryl methyl sites for hydroxylation is 1. The molecule has 11 heteroatoms. The van der Waals surface area contributed by atoms with Gasteiger partial charge >= 0.3 is 5.97 Å². The average Bonchev–Trinajstić information content (AvgIpc) is 3.07. The van der Waals surface area contributed by atoms with Crippen molar-refractivity contribution in [2.75, 3.05) is 19.3 Å². The lowest BCUT2D eigenvalue weighted by atomic mass is 10.1. The van der Waals surface area contributed by atoms with Crippen molar-refractivity contribution in [3.8, 4) is 0 Å². The van der Waals surface area contributed by atoms with Crippen molar-refractivity contribution in [2.45, 2.75) is 31.7 Å². The normalized spacial score (nSPS) is 15.3. The number of hydrogen-bond donors (Lipinski definition) is 4. The summed E-state index contributed by atoms with van der Waals surface area (Å²) in [5, 5.41) is 15.8. The number of carboxylic acids is 1. The number of carbonyl (C=O) groups excluding carboxylic acids is 1. The van der Waals surface area contributed by atoms with E-state index in [1.54, 1.807) is 12.1 Å². The molecule has 162 valence electrons. The third-order valence-corrected chi connectivity index (χ3v) is 5.20. The Bertz CT molecular complexity index is 1080. The molecule has 0 bridgehead atoms. The molecule has 0 saturated carbocycles. The molecule has 4 N–H and O–H groups in total. The van der Waals surface area contributed by atoms with Gasteiger partial charge in [0.25, 0.3) is 0 Å². The number of aliphatic carboxylic acids is 1. The molecule has 1 aromatic carbocycles. The van der Waals surface area contributed by atoms with Crippen molar-refractivity contribution in [2.24, 2.45) is 4.99 Å². The number of guanidine groups is 1. The summed E-state index contributed by atoms with van der Waals surface area (Å²) in [5.41, 5.74) is 1.48. The predicted octanol–water partition coefficient (Wildman–Crippen LogP) is 0.376. The first-order chi connectivity index (χ1) is 14.2. The number of carboxylic acid groups (broad SMARTS) is 1. The van der Waals surface area contributed by atoms with Gasteiger partial charge in [-0.15, -0.1) is 0 Å². The molecular formula is C19H24N4O6S. The van der Waals surface area contributed by atoms with Gasteiger partial charge in [0.15, 0.2) is 5.96 Å². The van der Waals surface area contributed by atoms with E-state index < -0.39 is 22.0 Å². The van der Waals surface area contributed by atoms with Crippen molar-refractivity contribution in [1.82, 2.24) is 15.4 Å². The van der Waals surface area contributed by atoms with Crippen molar-refractivity contribution < 1.29 is 27.5 Å². The summed E-state index contributed by atoms with van der Waals surface area (Å²) < 4.78 is 30.4. The summed E-state index contributed by atoms with van der Waals surface area (Å²) in [6.07, 6.45) is 2.54. The maximum absolute atomic E-state index is 12.1. The number of nitrogens with zero attached hydrogens (tertiary/aromatic N) is 1. The highest BCUT2D eigenvalue weighted by Gasteiger charge is 2.23. The molecule has 30 heavy (non-hydrogen) atoms. The monoisotopic (exact) mass is 436 g/mol. The average molecular weight is 436 g/mol. The molecule has 0 radical (unpaired) electrons. The smallest absolute Gasteiger partial charge is 0.322 e. The summed E-state index contributed by atoms with van der Waals surface area (Å²) in [4.78, 5) is 27.6. The van der Waals surface area contributed by atoms with E-state index in [1.165, 1.54) is 0 Å². The molecule has 0 aliphatic carbocycles. The Hall–Kier alpha value is -2.92. The maximum atomic E-state index is 12.1. The van der Waals surface area contributed by atoms with Crippen LogP contribution in [-0.4, -0.2) is 56.7 Å². The molecule has 0 spiro atoms. The summed E-state index contributed by atoms with van der Waals surface area (Å²) in [6, 6.07) is 5.81. The highest BCUT2D eigenvalue weighted by atomic mass is 32.2. The second-order valence-electron chi connectivity index (χ2n) is 7.13.